The Kier molecular flexibility index (Phi) is 8.83. The lowest BCUT2D eigenvalue weighted by atomic mass is 9.70. The third-order valence-electron chi connectivity index (χ3n) is 6.49. The Labute approximate surface area is 213 Å². The first-order valence-electron chi connectivity index (χ1n) is 11.6. The van der Waals surface area contributed by atoms with Crippen LogP contribution in [0.4, 0.5) is 0 Å². The molecule has 0 N–H and O–H groups in total. The number of carbonyl (C=O) groups is 4. The van der Waals surface area contributed by atoms with Crippen molar-refractivity contribution in [2.75, 3.05) is 20.3 Å². The van der Waals surface area contributed by atoms with Crippen LogP contribution in [-0.4, -0.2) is 44.0 Å². The predicted octanol–water partition coefficient (Wildman–Crippen LogP) is 4.73. The van der Waals surface area contributed by atoms with Gasteiger partial charge >= 0.3 is 17.9 Å². The Morgan fingerprint density at radius 3 is 2.11 bits per heavy atom. The van der Waals surface area contributed by atoms with Crippen molar-refractivity contribution >= 4 is 39.6 Å². The summed E-state index contributed by atoms with van der Waals surface area (Å²) in [6.45, 7) is 3.39. The molecule has 186 valence electrons. The Balaban J connectivity index is 2.30. The van der Waals surface area contributed by atoms with Gasteiger partial charge in [-0.25, -0.2) is 0 Å². The van der Waals surface area contributed by atoms with Gasteiger partial charge in [0.25, 0.3) is 0 Å². The summed E-state index contributed by atoms with van der Waals surface area (Å²) in [6.07, 6.45) is -0.217. The van der Waals surface area contributed by atoms with E-state index in [0.717, 1.165) is 4.47 Å². The number of esters is 3. The van der Waals surface area contributed by atoms with Gasteiger partial charge in [0.2, 0.25) is 0 Å². The van der Waals surface area contributed by atoms with Gasteiger partial charge in [0.15, 0.2) is 11.2 Å². The first-order valence-corrected chi connectivity index (χ1v) is 12.3. The number of benzene rings is 2. The fraction of sp³-hybridized carbons (Fsp3) is 0.407. The van der Waals surface area contributed by atoms with Gasteiger partial charge in [-0.2, -0.15) is 0 Å². The smallest absolute Gasteiger partial charge is 0.324 e. The molecule has 35 heavy (non-hydrogen) atoms. The lowest BCUT2D eigenvalue weighted by Crippen LogP contribution is -2.45. The molecular weight excluding hydrogens is 516 g/mol. The normalized spacial score (nSPS) is 20.6. The zero-order valence-electron chi connectivity index (χ0n) is 20.0. The molecule has 1 saturated carbocycles. The fourth-order valence-electron chi connectivity index (χ4n) is 5.12. The van der Waals surface area contributed by atoms with E-state index in [9.17, 15) is 19.2 Å². The van der Waals surface area contributed by atoms with Crippen molar-refractivity contribution in [3.05, 3.63) is 70.2 Å². The van der Waals surface area contributed by atoms with Crippen molar-refractivity contribution in [3.63, 3.8) is 0 Å². The molecule has 0 aromatic heterocycles. The number of hydrogen-bond donors (Lipinski definition) is 0. The molecule has 8 heteroatoms. The van der Waals surface area contributed by atoms with Crippen molar-refractivity contribution in [2.24, 2.45) is 17.3 Å². The van der Waals surface area contributed by atoms with E-state index in [-0.39, 0.29) is 31.8 Å². The van der Waals surface area contributed by atoms with Crippen LogP contribution in [0.3, 0.4) is 0 Å². The highest BCUT2D eigenvalue weighted by atomic mass is 79.9. The van der Waals surface area contributed by atoms with E-state index in [1.54, 1.807) is 62.4 Å². The fourth-order valence-corrected chi connectivity index (χ4v) is 5.54. The zero-order valence-corrected chi connectivity index (χ0v) is 21.6. The molecule has 1 aliphatic carbocycles. The van der Waals surface area contributed by atoms with Crippen LogP contribution < -0.4 is 0 Å². The van der Waals surface area contributed by atoms with E-state index < -0.39 is 41.1 Å². The standard InChI is InChI=1S/C27H29BrO7/c1-4-34-25(31)27(26(32)35-5-2)16-19(15-21(29)33-3)22(24(30)17-10-7-6-8-11-17)23(27)18-12-9-13-20(28)14-18/h6-14,19,22-23H,4-5,15-16H2,1-3H3/t19-,22+,23+/m0/s1. The monoisotopic (exact) mass is 544 g/mol. The minimum absolute atomic E-state index is 0.0458. The maximum absolute atomic E-state index is 14.0. The number of halogens is 1. The maximum Gasteiger partial charge on any atom is 0.324 e. The van der Waals surface area contributed by atoms with Crippen LogP contribution in [0.25, 0.3) is 0 Å². The summed E-state index contributed by atoms with van der Waals surface area (Å²) in [5.74, 6) is -4.77. The first-order chi connectivity index (χ1) is 16.8. The molecule has 0 saturated heterocycles. The number of Topliss-reactive ketones (excluding diaryl/α,β-unsaturated/α-hetero) is 1. The average molecular weight is 545 g/mol. The Morgan fingerprint density at radius 2 is 1.57 bits per heavy atom. The van der Waals surface area contributed by atoms with Gasteiger partial charge in [-0.3, -0.25) is 19.2 Å². The summed E-state index contributed by atoms with van der Waals surface area (Å²) < 4.78 is 16.4. The highest BCUT2D eigenvalue weighted by Crippen LogP contribution is 2.59. The SMILES string of the molecule is CCOC(=O)C1(C(=O)OCC)C[C@H](CC(=O)OC)[C@@H](C(=O)c2ccccc2)[C@H]1c1cccc(Br)c1. The van der Waals surface area contributed by atoms with Gasteiger partial charge in [0, 0.05) is 28.3 Å². The van der Waals surface area contributed by atoms with E-state index in [4.69, 9.17) is 14.2 Å². The van der Waals surface area contributed by atoms with Gasteiger partial charge in [0.05, 0.1) is 20.3 Å². The van der Waals surface area contributed by atoms with E-state index >= 15 is 0 Å². The summed E-state index contributed by atoms with van der Waals surface area (Å²) in [7, 11) is 1.26. The van der Waals surface area contributed by atoms with Crippen LogP contribution in [-0.2, 0) is 28.6 Å². The van der Waals surface area contributed by atoms with E-state index in [1.165, 1.54) is 7.11 Å². The summed E-state index contributed by atoms with van der Waals surface area (Å²) in [6, 6.07) is 15.8. The molecule has 0 heterocycles. The summed E-state index contributed by atoms with van der Waals surface area (Å²) >= 11 is 3.46. The topological polar surface area (TPSA) is 96.0 Å². The second-order valence-corrected chi connectivity index (χ2v) is 9.36. The lowest BCUT2D eigenvalue weighted by Gasteiger charge is -2.33. The Bertz CT molecular complexity index is 1060. The van der Waals surface area contributed by atoms with Crippen molar-refractivity contribution in [1.29, 1.82) is 0 Å². The number of hydrogen-bond acceptors (Lipinski definition) is 7. The van der Waals surface area contributed by atoms with Crippen molar-refractivity contribution in [3.8, 4) is 0 Å². The van der Waals surface area contributed by atoms with E-state index in [2.05, 4.69) is 15.9 Å². The summed E-state index contributed by atoms with van der Waals surface area (Å²) in [5, 5.41) is 0. The van der Waals surface area contributed by atoms with Gasteiger partial charge in [-0.1, -0.05) is 58.4 Å². The number of methoxy groups -OCH3 is 1. The molecule has 0 spiro atoms. The van der Waals surface area contributed by atoms with Gasteiger partial charge < -0.3 is 14.2 Å². The molecule has 7 nitrogen and oxygen atoms in total. The van der Waals surface area contributed by atoms with Crippen LogP contribution in [0, 0.1) is 17.3 Å². The second-order valence-electron chi connectivity index (χ2n) is 8.45. The predicted molar refractivity (Wildman–Crippen MR) is 132 cm³/mol. The first kappa shape index (κ1) is 26.6. The number of ketones is 1. The second kappa shape index (κ2) is 11.6. The van der Waals surface area contributed by atoms with E-state index in [0.29, 0.717) is 11.1 Å². The molecule has 2 aromatic carbocycles. The third-order valence-corrected chi connectivity index (χ3v) is 6.98. The van der Waals surface area contributed by atoms with Gasteiger partial charge in [-0.05, 0) is 43.9 Å². The van der Waals surface area contributed by atoms with Crippen LogP contribution in [0.5, 0.6) is 0 Å². The molecule has 0 unspecified atom stereocenters. The zero-order chi connectivity index (χ0) is 25.6. The summed E-state index contributed by atoms with van der Waals surface area (Å²) in [4.78, 5) is 53.6. The minimum atomic E-state index is -1.80. The van der Waals surface area contributed by atoms with Crippen molar-refractivity contribution < 1.29 is 33.4 Å². The Morgan fingerprint density at radius 1 is 0.943 bits per heavy atom. The number of carbonyl (C=O) groups excluding carboxylic acids is 4. The molecular formula is C27H29BrO7. The van der Waals surface area contributed by atoms with Gasteiger partial charge in [0.1, 0.15) is 0 Å². The maximum atomic E-state index is 14.0. The molecule has 0 aliphatic heterocycles. The van der Waals surface area contributed by atoms with Crippen LogP contribution in [0.2, 0.25) is 0 Å². The lowest BCUT2D eigenvalue weighted by molar-refractivity contribution is -0.173. The molecule has 0 radical (unpaired) electrons. The molecule has 2 aromatic rings. The van der Waals surface area contributed by atoms with Crippen molar-refractivity contribution in [1.82, 2.24) is 0 Å². The molecule has 3 rings (SSSR count). The Hall–Kier alpha value is -3.00. The number of rotatable bonds is 9. The molecule has 0 amide bonds. The highest BCUT2D eigenvalue weighted by Gasteiger charge is 2.66. The largest absolute Gasteiger partial charge is 0.469 e. The van der Waals surface area contributed by atoms with Gasteiger partial charge in [-0.15, -0.1) is 0 Å². The van der Waals surface area contributed by atoms with E-state index in [1.807, 2.05) is 6.07 Å². The highest BCUT2D eigenvalue weighted by molar-refractivity contribution is 9.10. The van der Waals surface area contributed by atoms with Crippen molar-refractivity contribution in [2.45, 2.75) is 32.6 Å². The number of ether oxygens (including phenoxy) is 3. The summed E-state index contributed by atoms with van der Waals surface area (Å²) in [5.41, 5.74) is -0.779. The molecule has 3 atom stereocenters. The van der Waals surface area contributed by atoms with Crippen LogP contribution in [0.15, 0.2) is 59.1 Å². The average Bonchev–Trinajstić information content (AvgIpc) is 3.20. The van der Waals surface area contributed by atoms with Crippen LogP contribution in [0.1, 0.15) is 48.5 Å². The molecule has 0 bridgehead atoms. The minimum Gasteiger partial charge on any atom is -0.469 e. The molecule has 1 fully saturated rings. The third kappa shape index (κ3) is 5.32. The quantitative estimate of drug-likeness (QED) is 0.195. The molecule has 1 aliphatic rings. The van der Waals surface area contributed by atoms with Crippen LogP contribution >= 0.6 is 15.9 Å².